The van der Waals surface area contributed by atoms with E-state index in [0.29, 0.717) is 24.1 Å². The van der Waals surface area contributed by atoms with Crippen molar-refractivity contribution in [2.75, 3.05) is 20.2 Å². The maximum Gasteiger partial charge on any atom is 0.234 e. The monoisotopic (exact) mass is 446 g/mol. The van der Waals surface area contributed by atoms with Crippen LogP contribution in [0.3, 0.4) is 0 Å². The second-order valence-corrected chi connectivity index (χ2v) is 9.39. The molecule has 2 aromatic carbocycles. The van der Waals surface area contributed by atoms with E-state index in [0.717, 1.165) is 43.8 Å². The molecule has 1 amide bonds. The van der Waals surface area contributed by atoms with Crippen molar-refractivity contribution >= 4 is 5.91 Å². The molecule has 3 aromatic rings. The lowest BCUT2D eigenvalue weighted by atomic mass is 9.80. The standard InChI is InChI=1S/C26H30N4O3/c1-18-27-25(33-29-18)26-14-22(28-24(31)12-20-9-6-10-23(11-20)32-2)13-21(26)16-30(17-26)15-19-7-4-3-5-8-19/h3-11,21-22H,12-17H2,1-2H3,(H,28,31). The third kappa shape index (κ3) is 4.50. The minimum Gasteiger partial charge on any atom is -0.497 e. The highest BCUT2D eigenvalue weighted by molar-refractivity contribution is 5.79. The first-order valence-corrected chi connectivity index (χ1v) is 11.5. The van der Waals surface area contributed by atoms with Crippen molar-refractivity contribution in [3.8, 4) is 5.75 Å². The molecule has 7 heteroatoms. The van der Waals surface area contributed by atoms with E-state index in [9.17, 15) is 4.79 Å². The van der Waals surface area contributed by atoms with Gasteiger partial charge in [0.2, 0.25) is 11.8 Å². The topological polar surface area (TPSA) is 80.5 Å². The number of rotatable bonds is 7. The van der Waals surface area contributed by atoms with Crippen molar-refractivity contribution in [2.45, 2.75) is 44.2 Å². The van der Waals surface area contributed by atoms with Crippen molar-refractivity contribution in [2.24, 2.45) is 5.92 Å². The van der Waals surface area contributed by atoms with Gasteiger partial charge in [0.05, 0.1) is 18.9 Å². The van der Waals surface area contributed by atoms with Crippen molar-refractivity contribution in [1.29, 1.82) is 0 Å². The molecule has 7 nitrogen and oxygen atoms in total. The minimum atomic E-state index is -0.218. The first kappa shape index (κ1) is 21.6. The van der Waals surface area contributed by atoms with Gasteiger partial charge >= 0.3 is 0 Å². The highest BCUT2D eigenvalue weighted by atomic mass is 16.5. The minimum absolute atomic E-state index is 0.0335. The Kier molecular flexibility index (Phi) is 5.89. The molecule has 0 radical (unpaired) electrons. The normalized spacial score (nSPS) is 24.5. The maximum atomic E-state index is 12.8. The molecule has 0 spiro atoms. The molecular formula is C26H30N4O3. The Balaban J connectivity index is 1.29. The molecule has 1 aromatic heterocycles. The third-order valence-corrected chi connectivity index (χ3v) is 7.01. The van der Waals surface area contributed by atoms with E-state index in [-0.39, 0.29) is 17.4 Å². The number of ether oxygens (including phenoxy) is 1. The molecule has 3 unspecified atom stereocenters. The Morgan fingerprint density at radius 3 is 2.79 bits per heavy atom. The Hall–Kier alpha value is -3.19. The van der Waals surface area contributed by atoms with Gasteiger partial charge in [-0.25, -0.2) is 0 Å². The number of likely N-dealkylation sites (tertiary alicyclic amines) is 1. The van der Waals surface area contributed by atoms with Gasteiger partial charge in [-0.15, -0.1) is 0 Å². The number of methoxy groups -OCH3 is 1. The quantitative estimate of drug-likeness (QED) is 0.600. The van der Waals surface area contributed by atoms with Gasteiger partial charge in [0, 0.05) is 25.7 Å². The number of benzene rings is 2. The zero-order valence-electron chi connectivity index (χ0n) is 19.2. The van der Waals surface area contributed by atoms with Crippen LogP contribution in [0.25, 0.3) is 0 Å². The Labute approximate surface area is 194 Å². The number of hydrogen-bond donors (Lipinski definition) is 1. The number of aromatic nitrogens is 2. The van der Waals surface area contributed by atoms with Gasteiger partial charge in [-0.3, -0.25) is 9.69 Å². The number of fused-ring (bicyclic) bond motifs is 1. The van der Waals surface area contributed by atoms with Crippen molar-refractivity contribution in [3.05, 3.63) is 77.4 Å². The lowest BCUT2D eigenvalue weighted by Gasteiger charge is -2.25. The average Bonchev–Trinajstić information content (AvgIpc) is 3.47. The van der Waals surface area contributed by atoms with Gasteiger partial charge in [-0.05, 0) is 48.9 Å². The molecule has 1 aliphatic heterocycles. The van der Waals surface area contributed by atoms with E-state index in [1.54, 1.807) is 7.11 Å². The summed E-state index contributed by atoms with van der Waals surface area (Å²) in [4.78, 5) is 19.9. The van der Waals surface area contributed by atoms with Gasteiger partial charge in [0.1, 0.15) is 5.75 Å². The van der Waals surface area contributed by atoms with E-state index >= 15 is 0 Å². The zero-order chi connectivity index (χ0) is 22.8. The molecule has 2 fully saturated rings. The van der Waals surface area contributed by atoms with Gasteiger partial charge < -0.3 is 14.6 Å². The van der Waals surface area contributed by atoms with E-state index in [1.807, 2.05) is 37.3 Å². The Morgan fingerprint density at radius 2 is 2.03 bits per heavy atom. The first-order valence-electron chi connectivity index (χ1n) is 11.5. The van der Waals surface area contributed by atoms with Crippen molar-refractivity contribution < 1.29 is 14.1 Å². The number of carbonyl (C=O) groups is 1. The van der Waals surface area contributed by atoms with Crippen LogP contribution in [0.5, 0.6) is 5.75 Å². The molecule has 33 heavy (non-hydrogen) atoms. The average molecular weight is 447 g/mol. The summed E-state index contributed by atoms with van der Waals surface area (Å²) >= 11 is 0. The van der Waals surface area contributed by atoms with Crippen LogP contribution in [-0.4, -0.2) is 47.2 Å². The van der Waals surface area contributed by atoms with Crippen LogP contribution >= 0.6 is 0 Å². The van der Waals surface area contributed by atoms with Crippen molar-refractivity contribution in [3.63, 3.8) is 0 Å². The fourth-order valence-corrected chi connectivity index (χ4v) is 5.62. The maximum absolute atomic E-state index is 12.8. The van der Waals surface area contributed by atoms with Gasteiger partial charge in [-0.1, -0.05) is 47.6 Å². The summed E-state index contributed by atoms with van der Waals surface area (Å²) in [6.07, 6.45) is 2.07. The predicted molar refractivity (Wildman–Crippen MR) is 124 cm³/mol. The highest BCUT2D eigenvalue weighted by Gasteiger charge is 2.57. The van der Waals surface area contributed by atoms with Crippen LogP contribution in [0, 0.1) is 12.8 Å². The fourth-order valence-electron chi connectivity index (χ4n) is 5.62. The number of amides is 1. The molecule has 5 rings (SSSR count). The first-order chi connectivity index (χ1) is 16.0. The van der Waals surface area contributed by atoms with Crippen LogP contribution in [0.2, 0.25) is 0 Å². The summed E-state index contributed by atoms with van der Waals surface area (Å²) < 4.78 is 11.0. The van der Waals surface area contributed by atoms with E-state index in [1.165, 1.54) is 5.56 Å². The number of nitrogens with zero attached hydrogens (tertiary/aromatic N) is 3. The number of aryl methyl sites for hydroxylation is 1. The van der Waals surface area contributed by atoms with Crippen molar-refractivity contribution in [1.82, 2.24) is 20.4 Å². The molecule has 1 saturated heterocycles. The largest absolute Gasteiger partial charge is 0.497 e. The van der Waals surface area contributed by atoms with Crippen LogP contribution in [-0.2, 0) is 23.2 Å². The van der Waals surface area contributed by atoms with E-state index in [4.69, 9.17) is 9.26 Å². The van der Waals surface area contributed by atoms with Gasteiger partial charge in [0.15, 0.2) is 5.82 Å². The Morgan fingerprint density at radius 1 is 1.21 bits per heavy atom. The second-order valence-electron chi connectivity index (χ2n) is 9.39. The third-order valence-electron chi connectivity index (χ3n) is 7.01. The second kappa shape index (κ2) is 8.98. The lowest BCUT2D eigenvalue weighted by Crippen LogP contribution is -2.38. The molecule has 1 saturated carbocycles. The SMILES string of the molecule is COc1cccc(CC(=O)NC2CC3CN(Cc4ccccc4)CC3(c3nc(C)no3)C2)c1. The van der Waals surface area contributed by atoms with Gasteiger partial charge in [0.25, 0.3) is 0 Å². The molecule has 2 aliphatic rings. The summed E-state index contributed by atoms with van der Waals surface area (Å²) in [5.74, 6) is 2.53. The summed E-state index contributed by atoms with van der Waals surface area (Å²) in [6, 6.07) is 18.3. The van der Waals surface area contributed by atoms with Crippen LogP contribution in [0.1, 0.15) is 35.7 Å². The smallest absolute Gasteiger partial charge is 0.234 e. The molecule has 172 valence electrons. The molecular weight excluding hydrogens is 416 g/mol. The molecule has 2 heterocycles. The van der Waals surface area contributed by atoms with Gasteiger partial charge in [-0.2, -0.15) is 4.98 Å². The molecule has 1 aliphatic carbocycles. The van der Waals surface area contributed by atoms with Crippen LogP contribution in [0.15, 0.2) is 59.1 Å². The van der Waals surface area contributed by atoms with Crippen LogP contribution < -0.4 is 10.1 Å². The predicted octanol–water partition coefficient (Wildman–Crippen LogP) is 3.28. The number of nitrogens with one attached hydrogen (secondary N) is 1. The summed E-state index contributed by atoms with van der Waals surface area (Å²) in [7, 11) is 1.64. The summed E-state index contributed by atoms with van der Waals surface area (Å²) in [5, 5.41) is 7.35. The fraction of sp³-hybridized carbons (Fsp3) is 0.423. The molecule has 1 N–H and O–H groups in total. The Bertz CT molecular complexity index is 1120. The highest BCUT2D eigenvalue weighted by Crippen LogP contribution is 2.50. The number of carbonyl (C=O) groups excluding carboxylic acids is 1. The number of hydrogen-bond acceptors (Lipinski definition) is 6. The zero-order valence-corrected chi connectivity index (χ0v) is 19.2. The summed E-state index contributed by atoms with van der Waals surface area (Å²) in [6.45, 7) is 4.58. The molecule has 3 atom stereocenters. The van der Waals surface area contributed by atoms with Crippen LogP contribution in [0.4, 0.5) is 0 Å². The van der Waals surface area contributed by atoms with E-state index in [2.05, 4.69) is 44.6 Å². The summed E-state index contributed by atoms with van der Waals surface area (Å²) in [5.41, 5.74) is 2.03. The molecule has 0 bridgehead atoms. The lowest BCUT2D eigenvalue weighted by molar-refractivity contribution is -0.121. The van der Waals surface area contributed by atoms with E-state index < -0.39 is 0 Å².